The fourth-order valence-corrected chi connectivity index (χ4v) is 2.82. The van der Waals surface area contributed by atoms with Gasteiger partial charge in [0, 0.05) is 24.7 Å². The molecule has 0 saturated heterocycles. The molecule has 2 aromatic rings. The second-order valence-electron chi connectivity index (χ2n) is 5.05. The predicted octanol–water partition coefficient (Wildman–Crippen LogP) is 4.21. The Labute approximate surface area is 166 Å². The molecule has 25 heavy (non-hydrogen) atoms. The molecule has 4 nitrogen and oxygen atoms in total. The summed E-state index contributed by atoms with van der Waals surface area (Å²) in [5.41, 5.74) is -0.116. The van der Waals surface area contributed by atoms with Crippen molar-refractivity contribution in [3.8, 4) is 0 Å². The number of aryl methyl sites for hydroxylation is 1. The molecular weight excluding hydrogens is 464 g/mol. The van der Waals surface area contributed by atoms with Gasteiger partial charge in [0.05, 0.1) is 12.1 Å². The molecule has 1 aromatic carbocycles. The van der Waals surface area contributed by atoms with Crippen LogP contribution in [-0.4, -0.2) is 18.0 Å². The Morgan fingerprint density at radius 2 is 1.96 bits per heavy atom. The number of guanidine groups is 1. The van der Waals surface area contributed by atoms with Crippen LogP contribution in [0.4, 0.5) is 13.2 Å². The van der Waals surface area contributed by atoms with Crippen LogP contribution in [0.1, 0.15) is 27.9 Å². The van der Waals surface area contributed by atoms with Crippen molar-refractivity contribution in [2.24, 2.45) is 4.99 Å². The van der Waals surface area contributed by atoms with Crippen molar-refractivity contribution in [2.45, 2.75) is 32.6 Å². The lowest BCUT2D eigenvalue weighted by atomic mass is 10.1. The molecule has 2 N–H and O–H groups in total. The van der Waals surface area contributed by atoms with Crippen molar-refractivity contribution in [2.75, 3.05) is 7.05 Å². The number of hydrogen-bond donors (Lipinski definition) is 2. The number of nitrogens with one attached hydrogen (secondary N) is 2. The summed E-state index contributed by atoms with van der Waals surface area (Å²) in [6, 6.07) is 5.24. The highest BCUT2D eigenvalue weighted by Crippen LogP contribution is 2.29. The summed E-state index contributed by atoms with van der Waals surface area (Å²) in [5, 5.41) is 7.05. The first-order chi connectivity index (χ1) is 11.4. The molecule has 0 spiro atoms. The minimum Gasteiger partial charge on any atom is -0.352 e. The van der Waals surface area contributed by atoms with Crippen LogP contribution in [0.25, 0.3) is 0 Å². The predicted molar refractivity (Wildman–Crippen MR) is 105 cm³/mol. The minimum atomic E-state index is -4.34. The van der Waals surface area contributed by atoms with E-state index in [0.717, 1.165) is 23.6 Å². The Balaban J connectivity index is 0.00000312. The number of thiazole rings is 1. The van der Waals surface area contributed by atoms with Crippen molar-refractivity contribution < 1.29 is 13.2 Å². The van der Waals surface area contributed by atoms with Gasteiger partial charge >= 0.3 is 6.18 Å². The van der Waals surface area contributed by atoms with Gasteiger partial charge < -0.3 is 10.6 Å². The molecule has 0 unspecified atom stereocenters. The number of hydrogen-bond acceptors (Lipinski definition) is 3. The van der Waals surface area contributed by atoms with Crippen molar-refractivity contribution in [1.29, 1.82) is 0 Å². The summed E-state index contributed by atoms with van der Waals surface area (Å²) >= 11 is 1.62. The Morgan fingerprint density at radius 3 is 2.56 bits per heavy atom. The average Bonchev–Trinajstić information content (AvgIpc) is 3.02. The van der Waals surface area contributed by atoms with Gasteiger partial charge in [0.15, 0.2) is 5.96 Å². The number of alkyl halides is 3. The average molecular weight is 484 g/mol. The smallest absolute Gasteiger partial charge is 0.352 e. The molecule has 0 radical (unpaired) electrons. The third kappa shape index (κ3) is 6.81. The minimum absolute atomic E-state index is 0. The number of nitrogens with zero attached hydrogens (tertiary/aromatic N) is 2. The zero-order valence-corrected chi connectivity index (χ0v) is 17.0. The maximum Gasteiger partial charge on any atom is 0.416 e. The molecule has 0 bridgehead atoms. The Hall–Kier alpha value is -1.36. The van der Waals surface area contributed by atoms with Crippen LogP contribution in [0.15, 0.2) is 35.5 Å². The van der Waals surface area contributed by atoms with Crippen LogP contribution in [0.3, 0.4) is 0 Å². The van der Waals surface area contributed by atoms with E-state index in [0.29, 0.717) is 18.1 Å². The molecule has 0 aliphatic carbocycles. The zero-order chi connectivity index (χ0) is 17.6. The highest BCUT2D eigenvalue weighted by atomic mass is 127. The summed E-state index contributed by atoms with van der Waals surface area (Å²) < 4.78 is 38.1. The summed E-state index contributed by atoms with van der Waals surface area (Å²) in [5.74, 6) is 0.515. The molecule has 0 aliphatic rings. The van der Waals surface area contributed by atoms with Crippen molar-refractivity contribution in [3.63, 3.8) is 0 Å². The maximum atomic E-state index is 12.7. The Bertz CT molecular complexity index is 701. The van der Waals surface area contributed by atoms with E-state index in [1.54, 1.807) is 24.5 Å². The van der Waals surface area contributed by atoms with Gasteiger partial charge in [-0.3, -0.25) is 4.99 Å². The highest BCUT2D eigenvalue weighted by molar-refractivity contribution is 14.0. The standard InChI is InChI=1S/C16H19F3N4S.HI/c1-3-13-9-21-14(24-13)10-23-15(20-2)22-8-11-5-4-6-12(7-11)16(17,18)19;/h4-7,9H,3,8,10H2,1-2H3,(H2,20,22,23);1H. The lowest BCUT2D eigenvalue weighted by Gasteiger charge is -2.12. The molecule has 0 fully saturated rings. The molecule has 0 saturated carbocycles. The van der Waals surface area contributed by atoms with Crippen LogP contribution >= 0.6 is 35.3 Å². The van der Waals surface area contributed by atoms with Crippen LogP contribution in [0.2, 0.25) is 0 Å². The fraction of sp³-hybridized carbons (Fsp3) is 0.375. The Morgan fingerprint density at radius 1 is 1.24 bits per heavy atom. The largest absolute Gasteiger partial charge is 0.416 e. The molecule has 1 heterocycles. The van der Waals surface area contributed by atoms with Crippen LogP contribution in [0, 0.1) is 0 Å². The van der Waals surface area contributed by atoms with Gasteiger partial charge in [-0.1, -0.05) is 19.1 Å². The van der Waals surface area contributed by atoms with E-state index in [-0.39, 0.29) is 30.5 Å². The number of benzene rings is 1. The molecule has 9 heteroatoms. The highest BCUT2D eigenvalue weighted by Gasteiger charge is 2.30. The van der Waals surface area contributed by atoms with Gasteiger partial charge in [-0.05, 0) is 24.1 Å². The van der Waals surface area contributed by atoms with E-state index in [1.807, 2.05) is 6.20 Å². The monoisotopic (exact) mass is 484 g/mol. The Kier molecular flexibility index (Phi) is 8.63. The molecule has 0 aliphatic heterocycles. The van der Waals surface area contributed by atoms with Crippen LogP contribution in [-0.2, 0) is 25.7 Å². The van der Waals surface area contributed by atoms with Gasteiger partial charge in [-0.15, -0.1) is 35.3 Å². The molecule has 2 rings (SSSR count). The summed E-state index contributed by atoms with van der Waals surface area (Å²) in [7, 11) is 1.61. The van der Waals surface area contributed by atoms with E-state index in [4.69, 9.17) is 0 Å². The van der Waals surface area contributed by atoms with E-state index >= 15 is 0 Å². The number of aliphatic imine (C=N–C) groups is 1. The van der Waals surface area contributed by atoms with E-state index in [1.165, 1.54) is 10.9 Å². The van der Waals surface area contributed by atoms with Crippen molar-refractivity contribution >= 4 is 41.3 Å². The first-order valence-electron chi connectivity index (χ1n) is 7.46. The fourth-order valence-electron chi connectivity index (χ4n) is 2.02. The van der Waals surface area contributed by atoms with Gasteiger partial charge in [0.25, 0.3) is 0 Å². The second kappa shape index (κ2) is 9.95. The quantitative estimate of drug-likeness (QED) is 0.380. The van der Waals surface area contributed by atoms with E-state index in [9.17, 15) is 13.2 Å². The molecular formula is C16H20F3IN4S. The van der Waals surface area contributed by atoms with Gasteiger partial charge in [0.1, 0.15) is 5.01 Å². The molecule has 1 aromatic heterocycles. The topological polar surface area (TPSA) is 49.3 Å². The number of rotatable bonds is 5. The number of aromatic nitrogens is 1. The SMILES string of the molecule is CCc1cnc(CNC(=NC)NCc2cccc(C(F)(F)F)c2)s1.I. The van der Waals surface area contributed by atoms with Crippen molar-refractivity contribution in [3.05, 3.63) is 51.5 Å². The summed E-state index contributed by atoms with van der Waals surface area (Å²) in [6.07, 6.45) is -1.54. The van der Waals surface area contributed by atoms with E-state index < -0.39 is 11.7 Å². The van der Waals surface area contributed by atoms with E-state index in [2.05, 4.69) is 27.5 Å². The second-order valence-corrected chi connectivity index (χ2v) is 6.25. The third-order valence-electron chi connectivity index (χ3n) is 3.29. The third-order valence-corrected chi connectivity index (χ3v) is 4.44. The first kappa shape index (κ1) is 21.7. The van der Waals surface area contributed by atoms with Crippen molar-refractivity contribution in [1.82, 2.24) is 15.6 Å². The zero-order valence-electron chi connectivity index (χ0n) is 13.9. The number of halogens is 4. The summed E-state index contributed by atoms with van der Waals surface area (Å²) in [4.78, 5) is 9.57. The maximum absolute atomic E-state index is 12.7. The lowest BCUT2D eigenvalue weighted by molar-refractivity contribution is -0.137. The summed E-state index contributed by atoms with van der Waals surface area (Å²) in [6.45, 7) is 2.84. The van der Waals surface area contributed by atoms with Crippen LogP contribution in [0.5, 0.6) is 0 Å². The first-order valence-corrected chi connectivity index (χ1v) is 8.28. The molecule has 138 valence electrons. The van der Waals surface area contributed by atoms with Gasteiger partial charge in [0.2, 0.25) is 0 Å². The molecule has 0 atom stereocenters. The van der Waals surface area contributed by atoms with Crippen LogP contribution < -0.4 is 10.6 Å². The molecule has 0 amide bonds. The lowest BCUT2D eigenvalue weighted by Crippen LogP contribution is -2.36. The van der Waals surface area contributed by atoms with Gasteiger partial charge in [-0.25, -0.2) is 4.98 Å². The normalized spacial score (nSPS) is 11.8. The van der Waals surface area contributed by atoms with Gasteiger partial charge in [-0.2, -0.15) is 13.2 Å².